The molecule has 0 unspecified atom stereocenters. The number of rotatable bonds is 2. The molecule has 0 heterocycles. The Morgan fingerprint density at radius 3 is 2.91 bits per heavy atom. The van der Waals surface area contributed by atoms with Crippen LogP contribution in [-0.4, -0.2) is 11.2 Å². The molecule has 0 aliphatic heterocycles. The summed E-state index contributed by atoms with van der Waals surface area (Å²) in [5, 5.41) is 10.2. The second-order valence-corrected chi connectivity index (χ2v) is 1.91. The lowest BCUT2D eigenvalue weighted by atomic mass is 10.2. The van der Waals surface area contributed by atoms with Gasteiger partial charge in [-0.2, -0.15) is 0 Å². The molecule has 1 aromatic carbocycles. The second-order valence-electron chi connectivity index (χ2n) is 1.91. The minimum absolute atomic E-state index is 0.0317. The summed E-state index contributed by atoms with van der Waals surface area (Å²) in [5.41, 5.74) is -0.141. The van der Waals surface area contributed by atoms with Gasteiger partial charge in [0, 0.05) is 17.7 Å². The maximum atomic E-state index is 10.5. The number of hydrogen-bond acceptors (Lipinski definition) is 3. The first-order valence-electron chi connectivity index (χ1n) is 3.36. The molecule has 0 aliphatic rings. The Morgan fingerprint density at radius 1 is 1.64 bits per heavy atom. The molecule has 0 radical (unpaired) electrons. The first-order valence-corrected chi connectivity index (χ1v) is 2.86. The number of hydrogen-bond donors (Lipinski definition) is 0. The second kappa shape index (κ2) is 2.92. The summed E-state index contributed by atoms with van der Waals surface area (Å²) in [7, 11) is 0. The standard InChI is InChI=1S/C7H5NO3/c9-5-6-2-1-3-7(4-6)8(10)11/h1-5H/i5D. The molecule has 0 saturated heterocycles. The van der Waals surface area contributed by atoms with Crippen LogP contribution in [0.15, 0.2) is 24.3 Å². The van der Waals surface area contributed by atoms with Gasteiger partial charge in [-0.1, -0.05) is 12.1 Å². The summed E-state index contributed by atoms with van der Waals surface area (Å²) >= 11 is 0. The highest BCUT2D eigenvalue weighted by Gasteiger charge is 2.03. The molecule has 0 saturated carbocycles. The molecular weight excluding hydrogens is 146 g/mol. The molecule has 0 aliphatic carbocycles. The Balaban J connectivity index is 3.12. The average molecular weight is 152 g/mol. The van der Waals surface area contributed by atoms with E-state index in [0.717, 1.165) is 6.07 Å². The summed E-state index contributed by atoms with van der Waals surface area (Å²) in [5.74, 6) is 0. The van der Waals surface area contributed by atoms with Crippen LogP contribution in [0.5, 0.6) is 0 Å². The number of nitrogens with zero attached hydrogens (tertiary/aromatic N) is 1. The number of benzene rings is 1. The Morgan fingerprint density at radius 2 is 2.36 bits per heavy atom. The maximum Gasteiger partial charge on any atom is 0.270 e. The van der Waals surface area contributed by atoms with Crippen LogP contribution in [0.4, 0.5) is 5.69 Å². The van der Waals surface area contributed by atoms with Crippen molar-refractivity contribution in [1.29, 1.82) is 0 Å². The molecule has 4 heteroatoms. The number of non-ortho nitro benzene ring substituents is 1. The monoisotopic (exact) mass is 152 g/mol. The van der Waals surface area contributed by atoms with Crippen molar-refractivity contribution in [2.45, 2.75) is 0 Å². The predicted octanol–water partition coefficient (Wildman–Crippen LogP) is 1.41. The van der Waals surface area contributed by atoms with E-state index < -0.39 is 11.2 Å². The summed E-state index contributed by atoms with van der Waals surface area (Å²) in [6.07, 6.45) is -0.918. The smallest absolute Gasteiger partial charge is 0.270 e. The predicted molar refractivity (Wildman–Crippen MR) is 38.5 cm³/mol. The van der Waals surface area contributed by atoms with Crippen LogP contribution in [-0.2, 0) is 0 Å². The Hall–Kier alpha value is -1.71. The minimum atomic E-state index is -0.918. The van der Waals surface area contributed by atoms with Gasteiger partial charge in [-0.05, 0) is 0 Å². The van der Waals surface area contributed by atoms with E-state index in [1.807, 2.05) is 0 Å². The SMILES string of the molecule is [2H]C(=O)c1cccc([N+](=O)[O-])c1. The lowest BCUT2D eigenvalue weighted by molar-refractivity contribution is -0.384. The van der Waals surface area contributed by atoms with E-state index in [2.05, 4.69) is 0 Å². The van der Waals surface area contributed by atoms with E-state index in [9.17, 15) is 14.9 Å². The van der Waals surface area contributed by atoms with Crippen molar-refractivity contribution >= 4 is 11.9 Å². The van der Waals surface area contributed by atoms with E-state index >= 15 is 0 Å². The lowest BCUT2D eigenvalue weighted by Crippen LogP contribution is -1.88. The van der Waals surface area contributed by atoms with Crippen molar-refractivity contribution in [3.8, 4) is 0 Å². The summed E-state index contributed by atoms with van der Waals surface area (Å²) < 4.78 is 6.69. The van der Waals surface area contributed by atoms with Crippen LogP contribution in [0.25, 0.3) is 0 Å². The fourth-order valence-electron chi connectivity index (χ4n) is 0.683. The van der Waals surface area contributed by atoms with Crippen LogP contribution in [0.2, 0.25) is 0 Å². The van der Waals surface area contributed by atoms with Gasteiger partial charge in [-0.25, -0.2) is 0 Å². The summed E-state index contributed by atoms with van der Waals surface area (Å²) in [6.45, 7) is 0. The van der Waals surface area contributed by atoms with E-state index in [-0.39, 0.29) is 11.3 Å². The third kappa shape index (κ3) is 1.61. The van der Waals surface area contributed by atoms with Crippen molar-refractivity contribution < 1.29 is 11.1 Å². The summed E-state index contributed by atoms with van der Waals surface area (Å²) in [6, 6.07) is 5.09. The highest BCUT2D eigenvalue weighted by molar-refractivity contribution is 5.75. The zero-order chi connectivity index (χ0) is 9.14. The fourth-order valence-corrected chi connectivity index (χ4v) is 0.683. The average Bonchev–Trinajstić information content (AvgIpc) is 2.04. The largest absolute Gasteiger partial charge is 0.298 e. The Labute approximate surface area is 64.0 Å². The quantitative estimate of drug-likeness (QED) is 0.365. The Kier molecular flexibility index (Phi) is 1.60. The van der Waals surface area contributed by atoms with Gasteiger partial charge in [0.05, 0.1) is 4.92 Å². The molecule has 0 spiro atoms. The van der Waals surface area contributed by atoms with Crippen molar-refractivity contribution in [1.82, 2.24) is 0 Å². The Bertz CT molecular complexity index is 308. The van der Waals surface area contributed by atoms with Crippen molar-refractivity contribution in [2.24, 2.45) is 0 Å². The number of aldehydes is 1. The highest BCUT2D eigenvalue weighted by Crippen LogP contribution is 2.10. The molecular formula is C7H5NO3. The van der Waals surface area contributed by atoms with Crippen molar-refractivity contribution in [3.05, 3.63) is 39.9 Å². The first kappa shape index (κ1) is 6.03. The number of carbonyl (C=O) groups excluding carboxylic acids is 1. The number of nitro benzene ring substituents is 1. The molecule has 0 bridgehead atoms. The molecule has 11 heavy (non-hydrogen) atoms. The fraction of sp³-hybridized carbons (Fsp3) is 0. The van der Waals surface area contributed by atoms with Crippen molar-refractivity contribution in [2.75, 3.05) is 0 Å². The third-order valence-corrected chi connectivity index (χ3v) is 1.17. The van der Waals surface area contributed by atoms with Gasteiger partial charge in [-0.3, -0.25) is 14.9 Å². The van der Waals surface area contributed by atoms with Crippen LogP contribution >= 0.6 is 0 Å². The molecule has 0 aromatic heterocycles. The minimum Gasteiger partial charge on any atom is -0.298 e. The molecule has 0 fully saturated rings. The molecule has 0 amide bonds. The van der Waals surface area contributed by atoms with Gasteiger partial charge in [0.1, 0.15) is 7.63 Å². The molecule has 56 valence electrons. The zero-order valence-corrected chi connectivity index (χ0v) is 5.48. The molecule has 1 rings (SSSR count). The van der Waals surface area contributed by atoms with E-state index in [4.69, 9.17) is 1.37 Å². The zero-order valence-electron chi connectivity index (χ0n) is 6.48. The maximum absolute atomic E-state index is 10.5. The van der Waals surface area contributed by atoms with Crippen LogP contribution in [0.3, 0.4) is 0 Å². The van der Waals surface area contributed by atoms with Crippen molar-refractivity contribution in [3.63, 3.8) is 0 Å². The molecule has 1 aromatic rings. The van der Waals surface area contributed by atoms with Gasteiger partial charge >= 0.3 is 0 Å². The normalized spacial score (nSPS) is 10.4. The van der Waals surface area contributed by atoms with Gasteiger partial charge in [0.25, 0.3) is 5.69 Å². The van der Waals surface area contributed by atoms with E-state index in [0.29, 0.717) is 0 Å². The summed E-state index contributed by atoms with van der Waals surface area (Å²) in [4.78, 5) is 20.1. The lowest BCUT2D eigenvalue weighted by Gasteiger charge is -1.90. The highest BCUT2D eigenvalue weighted by atomic mass is 16.6. The van der Waals surface area contributed by atoms with Gasteiger partial charge in [0.2, 0.25) is 0 Å². The number of carbonyl (C=O) groups is 1. The van der Waals surface area contributed by atoms with Gasteiger partial charge < -0.3 is 0 Å². The third-order valence-electron chi connectivity index (χ3n) is 1.17. The molecule has 0 atom stereocenters. The topological polar surface area (TPSA) is 60.2 Å². The number of nitro groups is 1. The first-order chi connectivity index (χ1) is 5.61. The van der Waals surface area contributed by atoms with Crippen LogP contribution < -0.4 is 0 Å². The van der Waals surface area contributed by atoms with E-state index in [1.165, 1.54) is 18.2 Å². The van der Waals surface area contributed by atoms with E-state index in [1.54, 1.807) is 0 Å². The molecule has 0 N–H and O–H groups in total. The van der Waals surface area contributed by atoms with Crippen LogP contribution in [0, 0.1) is 10.1 Å². The van der Waals surface area contributed by atoms with Gasteiger partial charge in [-0.15, -0.1) is 0 Å². The molecule has 4 nitrogen and oxygen atoms in total. The van der Waals surface area contributed by atoms with Gasteiger partial charge in [0.15, 0.2) is 0 Å². The van der Waals surface area contributed by atoms with Crippen LogP contribution in [0.1, 0.15) is 11.7 Å².